The van der Waals surface area contributed by atoms with Crippen molar-refractivity contribution in [1.82, 2.24) is 15.1 Å². The average molecular weight is 345 g/mol. The van der Waals surface area contributed by atoms with Gasteiger partial charge in [-0.3, -0.25) is 4.79 Å². The van der Waals surface area contributed by atoms with Gasteiger partial charge in [0, 0.05) is 6.04 Å². The second-order valence-corrected chi connectivity index (χ2v) is 5.83. The highest BCUT2D eigenvalue weighted by Gasteiger charge is 2.25. The summed E-state index contributed by atoms with van der Waals surface area (Å²) < 4.78 is 1.69. The maximum Gasteiger partial charge on any atom is 0.404 e. The molecule has 0 aromatic carbocycles. The van der Waals surface area contributed by atoms with Gasteiger partial charge in [-0.05, 0) is 40.6 Å². The average Bonchev–Trinajstić information content (AvgIpc) is 2.68. The summed E-state index contributed by atoms with van der Waals surface area (Å²) >= 11 is 3.13. The van der Waals surface area contributed by atoms with Crippen molar-refractivity contribution in [2.45, 2.75) is 51.6 Å². The fourth-order valence-corrected chi connectivity index (χ4v) is 2.86. The van der Waals surface area contributed by atoms with E-state index >= 15 is 0 Å². The zero-order valence-electron chi connectivity index (χ0n) is 11.3. The van der Waals surface area contributed by atoms with Crippen molar-refractivity contribution in [1.29, 1.82) is 0 Å². The van der Waals surface area contributed by atoms with E-state index in [9.17, 15) is 14.9 Å². The molecule has 1 aliphatic rings. The number of nitrogens with one attached hydrogen (secondary N) is 1. The van der Waals surface area contributed by atoms with Gasteiger partial charge in [0.05, 0.1) is 10.8 Å². The van der Waals surface area contributed by atoms with E-state index in [4.69, 9.17) is 0 Å². The lowest BCUT2D eigenvalue weighted by Crippen LogP contribution is -2.38. The molecule has 0 bridgehead atoms. The number of nitrogens with zero attached hydrogens (tertiary/aromatic N) is 3. The molecule has 0 atom stereocenters. The van der Waals surface area contributed by atoms with Crippen LogP contribution in [-0.2, 0) is 11.3 Å². The van der Waals surface area contributed by atoms with Gasteiger partial charge in [-0.25, -0.2) is 0 Å². The van der Waals surface area contributed by atoms with Crippen LogP contribution in [0, 0.1) is 17.0 Å². The van der Waals surface area contributed by atoms with Crippen LogP contribution in [0.25, 0.3) is 0 Å². The van der Waals surface area contributed by atoms with Crippen molar-refractivity contribution in [2.24, 2.45) is 0 Å². The van der Waals surface area contributed by atoms with Crippen LogP contribution in [0.15, 0.2) is 4.47 Å². The van der Waals surface area contributed by atoms with Crippen LogP contribution >= 0.6 is 15.9 Å². The number of rotatable bonds is 4. The minimum Gasteiger partial charge on any atom is -0.358 e. The molecule has 20 heavy (non-hydrogen) atoms. The number of hydrogen-bond donors (Lipinski definition) is 1. The lowest BCUT2D eigenvalue weighted by atomic mass is 9.95. The van der Waals surface area contributed by atoms with E-state index in [1.54, 1.807) is 6.92 Å². The minimum absolute atomic E-state index is 0.00870. The van der Waals surface area contributed by atoms with Gasteiger partial charge in [0.2, 0.25) is 5.91 Å². The van der Waals surface area contributed by atoms with Gasteiger partial charge in [0.25, 0.3) is 0 Å². The van der Waals surface area contributed by atoms with Crippen molar-refractivity contribution in [3.05, 3.63) is 20.3 Å². The molecule has 1 saturated carbocycles. The predicted octanol–water partition coefficient (Wildman–Crippen LogP) is 2.31. The Balaban J connectivity index is 2.00. The molecule has 0 unspecified atom stereocenters. The van der Waals surface area contributed by atoms with Gasteiger partial charge in [-0.15, -0.1) is 0 Å². The van der Waals surface area contributed by atoms with Crippen LogP contribution in [0.1, 0.15) is 37.8 Å². The van der Waals surface area contributed by atoms with E-state index in [2.05, 4.69) is 26.3 Å². The van der Waals surface area contributed by atoms with Gasteiger partial charge in [-0.1, -0.05) is 19.3 Å². The molecule has 7 nitrogen and oxygen atoms in total. The maximum atomic E-state index is 12.0. The first-order valence-electron chi connectivity index (χ1n) is 6.65. The molecule has 0 radical (unpaired) electrons. The smallest absolute Gasteiger partial charge is 0.358 e. The molecule has 110 valence electrons. The van der Waals surface area contributed by atoms with Crippen molar-refractivity contribution in [2.75, 3.05) is 0 Å². The molecule has 2 rings (SSSR count). The molecule has 8 heteroatoms. The number of nitro groups is 1. The fourth-order valence-electron chi connectivity index (χ4n) is 2.44. The topological polar surface area (TPSA) is 90.1 Å². The maximum absolute atomic E-state index is 12.0. The molecule has 1 heterocycles. The van der Waals surface area contributed by atoms with E-state index < -0.39 is 4.92 Å². The third-order valence-electron chi connectivity index (χ3n) is 3.55. The second kappa shape index (κ2) is 6.34. The summed E-state index contributed by atoms with van der Waals surface area (Å²) in [6, 6.07) is 0.227. The van der Waals surface area contributed by atoms with Crippen molar-refractivity contribution < 1.29 is 9.72 Å². The highest BCUT2D eigenvalue weighted by molar-refractivity contribution is 9.10. The molecule has 0 saturated heterocycles. The molecule has 1 aromatic heterocycles. The van der Waals surface area contributed by atoms with E-state index in [0.29, 0.717) is 10.2 Å². The largest absolute Gasteiger partial charge is 0.404 e. The molecule has 1 aliphatic carbocycles. The van der Waals surface area contributed by atoms with E-state index in [-0.39, 0.29) is 24.3 Å². The normalized spacial score (nSPS) is 16.1. The second-order valence-electron chi connectivity index (χ2n) is 5.04. The summed E-state index contributed by atoms with van der Waals surface area (Å²) in [5.41, 5.74) is 0.579. The van der Waals surface area contributed by atoms with Gasteiger partial charge >= 0.3 is 5.82 Å². The molecule has 1 amide bonds. The highest BCUT2D eigenvalue weighted by Crippen LogP contribution is 2.26. The van der Waals surface area contributed by atoms with E-state index in [1.165, 1.54) is 11.1 Å². The first-order chi connectivity index (χ1) is 9.49. The number of halogens is 1. The van der Waals surface area contributed by atoms with Gasteiger partial charge < -0.3 is 15.4 Å². The van der Waals surface area contributed by atoms with Crippen LogP contribution in [0.2, 0.25) is 0 Å². The molecule has 0 spiro atoms. The van der Waals surface area contributed by atoms with Crippen LogP contribution in [0.3, 0.4) is 0 Å². The zero-order valence-corrected chi connectivity index (χ0v) is 12.9. The molecular weight excluding hydrogens is 328 g/mol. The van der Waals surface area contributed by atoms with Crippen LogP contribution < -0.4 is 5.32 Å². The first-order valence-corrected chi connectivity index (χ1v) is 7.45. The highest BCUT2D eigenvalue weighted by atomic mass is 79.9. The lowest BCUT2D eigenvalue weighted by Gasteiger charge is -2.22. The fraction of sp³-hybridized carbons (Fsp3) is 0.667. The van der Waals surface area contributed by atoms with Crippen molar-refractivity contribution >= 4 is 27.7 Å². The van der Waals surface area contributed by atoms with Gasteiger partial charge in [0.15, 0.2) is 0 Å². The summed E-state index contributed by atoms with van der Waals surface area (Å²) in [5.74, 6) is -0.405. The van der Waals surface area contributed by atoms with Crippen molar-refractivity contribution in [3.8, 4) is 0 Å². The first kappa shape index (κ1) is 15.0. The molecular formula is C12H17BrN4O3. The monoisotopic (exact) mass is 344 g/mol. The Hall–Kier alpha value is -1.44. The third-order valence-corrected chi connectivity index (χ3v) is 4.48. The van der Waals surface area contributed by atoms with Gasteiger partial charge in [-0.2, -0.15) is 4.68 Å². The molecule has 1 N–H and O–H groups in total. The van der Waals surface area contributed by atoms with Crippen LogP contribution in [-0.4, -0.2) is 26.7 Å². The minimum atomic E-state index is -0.563. The quantitative estimate of drug-likeness (QED) is 0.670. The molecule has 1 aromatic rings. The molecule has 0 aliphatic heterocycles. The number of hydrogen-bond acceptors (Lipinski definition) is 4. The Labute approximate surface area is 125 Å². The number of carbonyl (C=O) groups excluding carboxylic acids is 1. The number of carbonyl (C=O) groups is 1. The Morgan fingerprint density at radius 2 is 2.15 bits per heavy atom. The molecule has 1 fully saturated rings. The summed E-state index contributed by atoms with van der Waals surface area (Å²) in [7, 11) is 0. The Kier molecular flexibility index (Phi) is 4.74. The Morgan fingerprint density at radius 3 is 2.70 bits per heavy atom. The summed E-state index contributed by atoms with van der Waals surface area (Å²) in [6.07, 6.45) is 5.52. The Morgan fingerprint density at radius 1 is 1.50 bits per heavy atom. The van der Waals surface area contributed by atoms with E-state index in [0.717, 1.165) is 25.7 Å². The number of amides is 1. The standard InChI is InChI=1S/C12H17BrN4O3/c1-8-11(13)12(17(19)20)15-16(8)7-10(18)14-9-5-3-2-4-6-9/h9H,2-7H2,1H3,(H,14,18). The van der Waals surface area contributed by atoms with Crippen molar-refractivity contribution in [3.63, 3.8) is 0 Å². The lowest BCUT2D eigenvalue weighted by molar-refractivity contribution is -0.390. The Bertz CT molecular complexity index is 523. The van der Waals surface area contributed by atoms with Crippen LogP contribution in [0.5, 0.6) is 0 Å². The third kappa shape index (κ3) is 3.36. The zero-order chi connectivity index (χ0) is 14.7. The van der Waals surface area contributed by atoms with Crippen LogP contribution in [0.4, 0.5) is 5.82 Å². The van der Waals surface area contributed by atoms with E-state index in [1.807, 2.05) is 0 Å². The predicted molar refractivity (Wildman–Crippen MR) is 76.3 cm³/mol. The number of aromatic nitrogens is 2. The van der Waals surface area contributed by atoms with Gasteiger partial charge in [0.1, 0.15) is 11.0 Å². The summed E-state index contributed by atoms with van der Waals surface area (Å²) in [4.78, 5) is 22.2. The SMILES string of the molecule is Cc1c(Br)c([N+](=O)[O-])nn1CC(=O)NC1CCCCC1. The summed E-state index contributed by atoms with van der Waals surface area (Å²) in [5, 5.41) is 17.6. The summed E-state index contributed by atoms with van der Waals surface area (Å²) in [6.45, 7) is 1.70.